The Bertz CT molecular complexity index is 781. The molecule has 0 atom stereocenters. The lowest BCUT2D eigenvalue weighted by atomic mass is 10.1. The highest BCUT2D eigenvalue weighted by Gasteiger charge is 2.15. The number of hydrogen-bond donors (Lipinski definition) is 0. The van der Waals surface area contributed by atoms with Crippen LogP contribution in [0.1, 0.15) is 31.5 Å². The highest BCUT2D eigenvalue weighted by Crippen LogP contribution is 2.25. The summed E-state index contributed by atoms with van der Waals surface area (Å²) >= 11 is 0. The van der Waals surface area contributed by atoms with Crippen LogP contribution in [0.15, 0.2) is 18.5 Å². The van der Waals surface area contributed by atoms with E-state index in [-0.39, 0.29) is 0 Å². The first kappa shape index (κ1) is 13.8. The fourth-order valence-corrected chi connectivity index (χ4v) is 2.84. The van der Waals surface area contributed by atoms with Gasteiger partial charge in [-0.05, 0) is 38.8 Å². The molecule has 3 aromatic rings. The van der Waals surface area contributed by atoms with Crippen LogP contribution < -0.4 is 0 Å². The van der Waals surface area contributed by atoms with Crippen molar-refractivity contribution in [1.82, 2.24) is 24.3 Å². The number of aryl methyl sites for hydroxylation is 4. The molecule has 0 spiro atoms. The Morgan fingerprint density at radius 1 is 1.19 bits per heavy atom. The Balaban J connectivity index is 2.19. The molecule has 5 heteroatoms. The SMILES string of the molecule is CCCn1nc2nc(-c3nccn3CC)cc(C)c2c1C. The number of imidazole rings is 1. The molecular weight excluding hydrogens is 262 g/mol. The normalized spacial score (nSPS) is 11.4. The zero-order valence-corrected chi connectivity index (χ0v) is 13.1. The van der Waals surface area contributed by atoms with Crippen LogP contribution in [0.25, 0.3) is 22.6 Å². The molecule has 0 N–H and O–H groups in total. The monoisotopic (exact) mass is 283 g/mol. The zero-order chi connectivity index (χ0) is 15.0. The number of aromatic nitrogens is 5. The summed E-state index contributed by atoms with van der Waals surface area (Å²) in [5.74, 6) is 0.908. The maximum absolute atomic E-state index is 4.74. The fourth-order valence-electron chi connectivity index (χ4n) is 2.84. The van der Waals surface area contributed by atoms with E-state index in [0.29, 0.717) is 0 Å². The summed E-state index contributed by atoms with van der Waals surface area (Å²) in [5.41, 5.74) is 4.12. The first-order valence-electron chi connectivity index (χ1n) is 7.52. The summed E-state index contributed by atoms with van der Waals surface area (Å²) < 4.78 is 4.16. The van der Waals surface area contributed by atoms with Gasteiger partial charge in [0, 0.05) is 36.6 Å². The van der Waals surface area contributed by atoms with E-state index in [4.69, 9.17) is 4.98 Å². The molecule has 0 aromatic carbocycles. The van der Waals surface area contributed by atoms with Crippen LogP contribution in [0.2, 0.25) is 0 Å². The molecule has 3 heterocycles. The topological polar surface area (TPSA) is 48.5 Å². The van der Waals surface area contributed by atoms with Crippen LogP contribution in [0.3, 0.4) is 0 Å². The maximum atomic E-state index is 4.74. The molecule has 21 heavy (non-hydrogen) atoms. The average Bonchev–Trinajstić information content (AvgIpc) is 3.04. The highest BCUT2D eigenvalue weighted by atomic mass is 15.3. The molecule has 0 unspecified atom stereocenters. The van der Waals surface area contributed by atoms with Gasteiger partial charge in [0.1, 0.15) is 5.69 Å². The minimum atomic E-state index is 0.821. The third-order valence-corrected chi connectivity index (χ3v) is 3.88. The molecule has 5 nitrogen and oxygen atoms in total. The van der Waals surface area contributed by atoms with Gasteiger partial charge in [-0.2, -0.15) is 5.10 Å². The van der Waals surface area contributed by atoms with Crippen LogP contribution in [0.5, 0.6) is 0 Å². The van der Waals surface area contributed by atoms with Crippen molar-refractivity contribution in [1.29, 1.82) is 0 Å². The summed E-state index contributed by atoms with van der Waals surface area (Å²) in [6.07, 6.45) is 4.87. The molecule has 3 aromatic heterocycles. The number of hydrogen-bond acceptors (Lipinski definition) is 3. The molecule has 0 aliphatic carbocycles. The lowest BCUT2D eigenvalue weighted by Crippen LogP contribution is -2.00. The van der Waals surface area contributed by atoms with Crippen molar-refractivity contribution < 1.29 is 0 Å². The molecule has 0 aliphatic rings. The zero-order valence-electron chi connectivity index (χ0n) is 13.1. The van der Waals surface area contributed by atoms with Crippen molar-refractivity contribution in [2.75, 3.05) is 0 Å². The van der Waals surface area contributed by atoms with Crippen molar-refractivity contribution in [3.05, 3.63) is 29.7 Å². The Hall–Kier alpha value is -2.17. The van der Waals surface area contributed by atoms with Gasteiger partial charge in [0.15, 0.2) is 11.5 Å². The van der Waals surface area contributed by atoms with Gasteiger partial charge in [-0.1, -0.05) is 6.92 Å². The van der Waals surface area contributed by atoms with Gasteiger partial charge >= 0.3 is 0 Å². The van der Waals surface area contributed by atoms with Crippen molar-refractivity contribution in [2.24, 2.45) is 0 Å². The van der Waals surface area contributed by atoms with E-state index < -0.39 is 0 Å². The Labute approximate surface area is 124 Å². The van der Waals surface area contributed by atoms with Gasteiger partial charge in [-0.15, -0.1) is 0 Å². The first-order valence-corrected chi connectivity index (χ1v) is 7.52. The maximum Gasteiger partial charge on any atom is 0.182 e. The number of pyridine rings is 1. The van der Waals surface area contributed by atoms with E-state index in [0.717, 1.165) is 36.7 Å². The molecule has 110 valence electrons. The van der Waals surface area contributed by atoms with Crippen molar-refractivity contribution in [3.8, 4) is 11.5 Å². The molecular formula is C16H21N5. The third kappa shape index (κ3) is 2.22. The lowest BCUT2D eigenvalue weighted by molar-refractivity contribution is 0.592. The molecule has 0 saturated carbocycles. The molecule has 0 saturated heterocycles. The van der Waals surface area contributed by atoms with Gasteiger partial charge in [0.05, 0.1) is 0 Å². The van der Waals surface area contributed by atoms with Gasteiger partial charge in [-0.3, -0.25) is 4.68 Å². The summed E-state index contributed by atoms with van der Waals surface area (Å²) in [5, 5.41) is 5.83. The summed E-state index contributed by atoms with van der Waals surface area (Å²) in [6.45, 7) is 10.3. The first-order chi connectivity index (χ1) is 10.2. The van der Waals surface area contributed by atoms with Crippen molar-refractivity contribution in [2.45, 2.75) is 47.2 Å². The molecule has 3 rings (SSSR count). The predicted molar refractivity (Wildman–Crippen MR) is 84.2 cm³/mol. The minimum absolute atomic E-state index is 0.821. The van der Waals surface area contributed by atoms with Crippen molar-refractivity contribution in [3.63, 3.8) is 0 Å². The minimum Gasteiger partial charge on any atom is -0.330 e. The summed E-state index contributed by atoms with van der Waals surface area (Å²) in [7, 11) is 0. The number of fused-ring (bicyclic) bond motifs is 1. The van der Waals surface area contributed by atoms with Crippen LogP contribution in [0, 0.1) is 13.8 Å². The van der Waals surface area contributed by atoms with Crippen LogP contribution in [0.4, 0.5) is 0 Å². The van der Waals surface area contributed by atoms with Crippen LogP contribution in [-0.4, -0.2) is 24.3 Å². The van der Waals surface area contributed by atoms with E-state index >= 15 is 0 Å². The summed E-state index contributed by atoms with van der Waals surface area (Å²) in [6, 6.07) is 2.11. The average molecular weight is 283 g/mol. The number of nitrogens with zero attached hydrogens (tertiary/aromatic N) is 5. The molecule has 0 radical (unpaired) electrons. The third-order valence-electron chi connectivity index (χ3n) is 3.88. The highest BCUT2D eigenvalue weighted by molar-refractivity contribution is 5.83. The summed E-state index contributed by atoms with van der Waals surface area (Å²) in [4.78, 5) is 9.17. The van der Waals surface area contributed by atoms with Gasteiger partial charge in [-0.25, -0.2) is 9.97 Å². The Kier molecular flexibility index (Phi) is 3.49. The van der Waals surface area contributed by atoms with Gasteiger partial charge in [0.2, 0.25) is 0 Å². The second-order valence-corrected chi connectivity index (χ2v) is 5.37. The molecule has 0 amide bonds. The quantitative estimate of drug-likeness (QED) is 0.738. The van der Waals surface area contributed by atoms with E-state index in [1.165, 1.54) is 16.6 Å². The Morgan fingerprint density at radius 2 is 2.00 bits per heavy atom. The Morgan fingerprint density at radius 3 is 2.71 bits per heavy atom. The molecule has 0 bridgehead atoms. The largest absolute Gasteiger partial charge is 0.330 e. The molecule has 0 aliphatic heterocycles. The van der Waals surface area contributed by atoms with E-state index in [2.05, 4.69) is 53.1 Å². The standard InChI is InChI=1S/C16H21N5/c1-5-8-21-12(4)14-11(3)10-13(18-15(14)19-21)16-17-7-9-20(16)6-2/h7,9-10H,5-6,8H2,1-4H3. The van der Waals surface area contributed by atoms with Crippen LogP contribution >= 0.6 is 0 Å². The van der Waals surface area contributed by atoms with E-state index in [1.807, 2.05) is 12.4 Å². The van der Waals surface area contributed by atoms with Crippen LogP contribution in [-0.2, 0) is 13.1 Å². The van der Waals surface area contributed by atoms with Gasteiger partial charge in [0.25, 0.3) is 0 Å². The van der Waals surface area contributed by atoms with E-state index in [1.54, 1.807) is 0 Å². The van der Waals surface area contributed by atoms with Crippen molar-refractivity contribution >= 4 is 11.0 Å². The fraction of sp³-hybridized carbons (Fsp3) is 0.438. The second-order valence-electron chi connectivity index (χ2n) is 5.37. The molecule has 0 fully saturated rings. The van der Waals surface area contributed by atoms with Gasteiger partial charge < -0.3 is 4.57 Å². The second kappa shape index (κ2) is 5.31. The van der Waals surface area contributed by atoms with E-state index in [9.17, 15) is 0 Å². The lowest BCUT2D eigenvalue weighted by Gasteiger charge is -2.05. The predicted octanol–water partition coefficient (Wildman–Crippen LogP) is 3.34. The smallest absolute Gasteiger partial charge is 0.182 e. The number of rotatable bonds is 4.